The maximum absolute atomic E-state index is 16.5. The summed E-state index contributed by atoms with van der Waals surface area (Å²) >= 11 is 5.16. The van der Waals surface area contributed by atoms with Gasteiger partial charge >= 0.3 is 14.5 Å². The molecule has 2 aliphatic heterocycles. The van der Waals surface area contributed by atoms with Crippen LogP contribution < -0.4 is 16.6 Å². The van der Waals surface area contributed by atoms with Gasteiger partial charge in [-0.3, -0.25) is 27.9 Å². The largest absolute Gasteiger partial charge is 0.472 e. The molecule has 0 aromatic carbocycles. The molecule has 0 radical (unpaired) electrons. The van der Waals surface area contributed by atoms with Crippen LogP contribution in [-0.2, 0) is 39.2 Å². The monoisotopic (exact) mass is 664 g/mol. The van der Waals surface area contributed by atoms with Crippen LogP contribution in [0.2, 0.25) is 0 Å². The van der Waals surface area contributed by atoms with Gasteiger partial charge in [0.1, 0.15) is 36.6 Å². The number of H-pyrrole nitrogens is 1. The summed E-state index contributed by atoms with van der Waals surface area (Å²) < 4.78 is 73.7. The van der Waals surface area contributed by atoms with Gasteiger partial charge in [-0.25, -0.2) is 28.3 Å². The maximum Gasteiger partial charge on any atom is 0.472 e. The normalized spacial score (nSPS) is 42.8. The molecule has 5 heterocycles. The fraction of sp³-hybridized carbons (Fsp3) is 0.571. The number of rotatable bonds is 3. The molecule has 2 aliphatic carbocycles. The highest BCUT2D eigenvalue weighted by molar-refractivity contribution is 8.07. The molecule has 0 spiro atoms. The molecule has 6 N–H and O–H groups in total. The summed E-state index contributed by atoms with van der Waals surface area (Å²) in [7, 11) is -4.99. The van der Waals surface area contributed by atoms with Crippen molar-refractivity contribution in [3.05, 3.63) is 35.3 Å². The molecule has 43 heavy (non-hydrogen) atoms. The number of hydrogen-bond acceptors (Lipinski definition) is 14. The molecule has 2 unspecified atom stereocenters. The first-order valence-corrected chi connectivity index (χ1v) is 17.0. The van der Waals surface area contributed by atoms with Crippen LogP contribution in [0.5, 0.6) is 0 Å². The highest BCUT2D eigenvalue weighted by Crippen LogP contribution is 2.67. The van der Waals surface area contributed by atoms with E-state index in [9.17, 15) is 19.1 Å². The molecular formula is C21H24F2N8O9P2S. The molecule has 4 aliphatic rings. The third-order valence-corrected chi connectivity index (χ3v) is 10.4. The Bertz CT molecular complexity index is 1720. The van der Waals surface area contributed by atoms with Crippen molar-refractivity contribution in [2.45, 2.75) is 61.4 Å². The van der Waals surface area contributed by atoms with E-state index in [1.54, 1.807) is 0 Å². The predicted octanol–water partition coefficient (Wildman–Crippen LogP) is 0.843. The van der Waals surface area contributed by atoms with E-state index in [1.165, 1.54) is 18.6 Å². The van der Waals surface area contributed by atoms with E-state index < -0.39 is 81.2 Å². The third-order valence-electron chi connectivity index (χ3n) is 7.87. The average Bonchev–Trinajstić information content (AvgIpc) is 3.24. The molecular weight excluding hydrogens is 640 g/mol. The lowest BCUT2D eigenvalue weighted by molar-refractivity contribution is -0.0774. The standard InChI is InChI=1S/C21H24F2N8O9P2S/c22-11-9(28-10-1-3-25-6-26-10)5-8-2-4-36-41(33,34)39-16-19(31-7-27-12-17(31)29-20(24)30-18(12)32)37-14-15(21(14,16)23)40-42(35,43)38-13(8)11/h1,3,6-9,11,13-16,19H,2,4-5H2,(H,33,34)(H,35,43)(H,25,26,28)(H3,24,29,30,32)/t8-,9+,11-,13+,14+,15-,16-,19+,21-,42?/m0/s1. The molecule has 2 saturated heterocycles. The molecule has 11 atom stereocenters. The number of phosphoric acid groups is 1. The number of phosphoric ester groups is 1. The summed E-state index contributed by atoms with van der Waals surface area (Å²) in [5, 5.41) is 2.94. The van der Waals surface area contributed by atoms with Crippen molar-refractivity contribution in [1.29, 1.82) is 0 Å². The molecule has 17 nitrogen and oxygen atoms in total. The van der Waals surface area contributed by atoms with E-state index in [0.717, 1.165) is 10.9 Å². The van der Waals surface area contributed by atoms with Gasteiger partial charge < -0.3 is 30.1 Å². The lowest BCUT2D eigenvalue weighted by atomic mass is 10.0. The van der Waals surface area contributed by atoms with E-state index in [2.05, 4.69) is 30.2 Å². The Morgan fingerprint density at radius 2 is 2.05 bits per heavy atom. The van der Waals surface area contributed by atoms with Crippen molar-refractivity contribution in [2.75, 3.05) is 17.7 Å². The van der Waals surface area contributed by atoms with Crippen molar-refractivity contribution in [3.63, 3.8) is 0 Å². The van der Waals surface area contributed by atoms with Gasteiger partial charge in [-0.2, -0.15) is 4.98 Å². The van der Waals surface area contributed by atoms with Crippen LogP contribution in [0.3, 0.4) is 0 Å². The molecule has 7 rings (SSSR count). The van der Waals surface area contributed by atoms with Crippen LogP contribution in [0.15, 0.2) is 29.7 Å². The topological polar surface area (TPSA) is 231 Å². The molecule has 3 aromatic rings. The minimum atomic E-state index is -4.99. The van der Waals surface area contributed by atoms with Crippen LogP contribution in [0.1, 0.15) is 19.1 Å². The van der Waals surface area contributed by atoms with Crippen molar-refractivity contribution < 1.29 is 46.0 Å². The Morgan fingerprint density at radius 1 is 1.23 bits per heavy atom. The predicted molar refractivity (Wildman–Crippen MR) is 144 cm³/mol. The number of nitrogens with zero attached hydrogens (tertiary/aromatic N) is 5. The number of alkyl halides is 2. The molecule has 4 fully saturated rings. The number of aromatic nitrogens is 6. The van der Waals surface area contributed by atoms with Gasteiger partial charge in [0.15, 0.2) is 29.2 Å². The summed E-state index contributed by atoms with van der Waals surface area (Å²) in [6.07, 6.45) is -5.59. The Labute approximate surface area is 245 Å². The van der Waals surface area contributed by atoms with Gasteiger partial charge in [0.05, 0.1) is 19.0 Å². The second-order valence-electron chi connectivity index (χ2n) is 10.5. The van der Waals surface area contributed by atoms with Crippen molar-refractivity contribution in [1.82, 2.24) is 29.5 Å². The number of nitrogens with one attached hydrogen (secondary N) is 2. The quantitative estimate of drug-likeness (QED) is 0.244. The van der Waals surface area contributed by atoms with Crippen molar-refractivity contribution in [2.24, 2.45) is 5.92 Å². The van der Waals surface area contributed by atoms with Crippen molar-refractivity contribution >= 4 is 49.3 Å². The smallest absolute Gasteiger partial charge is 0.369 e. The first-order chi connectivity index (χ1) is 20.4. The number of anilines is 2. The van der Waals surface area contributed by atoms with E-state index in [1.807, 2.05) is 0 Å². The van der Waals surface area contributed by atoms with E-state index in [0.29, 0.717) is 5.82 Å². The number of nitrogen functional groups attached to an aromatic ring is 1. The van der Waals surface area contributed by atoms with Crippen LogP contribution >= 0.6 is 14.5 Å². The first-order valence-electron chi connectivity index (χ1n) is 12.9. The molecule has 2 saturated carbocycles. The Morgan fingerprint density at radius 3 is 2.81 bits per heavy atom. The van der Waals surface area contributed by atoms with E-state index in [4.69, 9.17) is 40.4 Å². The van der Waals surface area contributed by atoms with Gasteiger partial charge in [0, 0.05) is 6.20 Å². The second kappa shape index (κ2) is 10.3. The number of hydrogen-bond donors (Lipinski definition) is 5. The summed E-state index contributed by atoms with van der Waals surface area (Å²) in [4.78, 5) is 51.9. The number of aromatic amines is 1. The van der Waals surface area contributed by atoms with Crippen molar-refractivity contribution in [3.8, 4) is 0 Å². The fourth-order valence-corrected chi connectivity index (χ4v) is 8.62. The average molecular weight is 664 g/mol. The zero-order valence-corrected chi connectivity index (χ0v) is 24.3. The summed E-state index contributed by atoms with van der Waals surface area (Å²) in [5.41, 5.74) is 2.04. The maximum atomic E-state index is 16.5. The zero-order valence-electron chi connectivity index (χ0n) is 21.7. The third kappa shape index (κ3) is 5.08. The highest BCUT2D eigenvalue weighted by Gasteiger charge is 2.82. The SMILES string of the molecule is Nc1nc2c(ncn2[C@@H]2O[C@@H]3[C@@H]4OP(O)(=S)O[C@@H]5[C@@H](CCOP(=O)(O)O[C@@H]2[C@]34F)C[C@@H](Nc2ccncn2)[C@@H]5F)c(=O)[nH]1. The Hall–Kier alpha value is -2.51. The minimum absolute atomic E-state index is 0.0220. The second-order valence-corrected chi connectivity index (χ2v) is 14.7. The molecule has 3 aromatic heterocycles. The van der Waals surface area contributed by atoms with Crippen LogP contribution in [-0.4, -0.2) is 88.2 Å². The Kier molecular flexibility index (Phi) is 6.97. The van der Waals surface area contributed by atoms with E-state index in [-0.39, 0.29) is 30.0 Å². The minimum Gasteiger partial charge on any atom is -0.369 e. The number of fused-ring (bicyclic) bond motifs is 3. The fourth-order valence-electron chi connectivity index (χ4n) is 5.89. The summed E-state index contributed by atoms with van der Waals surface area (Å²) in [5.74, 6) is -0.596. The zero-order chi connectivity index (χ0) is 30.3. The van der Waals surface area contributed by atoms with Crippen LogP contribution in [0.25, 0.3) is 11.2 Å². The number of imidazole rings is 1. The summed E-state index contributed by atoms with van der Waals surface area (Å²) in [6.45, 7) is -4.75. The lowest BCUT2D eigenvalue weighted by Crippen LogP contribution is -2.37. The van der Waals surface area contributed by atoms with Gasteiger partial charge in [-0.05, 0) is 36.6 Å². The number of halogens is 2. The first kappa shape index (κ1) is 29.2. The molecule has 0 amide bonds. The summed E-state index contributed by atoms with van der Waals surface area (Å²) in [6, 6.07) is 0.696. The van der Waals surface area contributed by atoms with Crippen LogP contribution in [0.4, 0.5) is 20.5 Å². The van der Waals surface area contributed by atoms with E-state index >= 15 is 8.78 Å². The molecule has 232 valence electrons. The van der Waals surface area contributed by atoms with Gasteiger partial charge in [-0.15, -0.1) is 0 Å². The van der Waals surface area contributed by atoms with Crippen LogP contribution in [0, 0.1) is 5.92 Å². The molecule has 22 heteroatoms. The van der Waals surface area contributed by atoms with Gasteiger partial charge in [0.2, 0.25) is 5.95 Å². The van der Waals surface area contributed by atoms with Gasteiger partial charge in [0.25, 0.3) is 5.56 Å². The lowest BCUT2D eigenvalue weighted by Gasteiger charge is -2.29. The van der Waals surface area contributed by atoms with Gasteiger partial charge in [-0.1, -0.05) is 0 Å². The number of ether oxygens (including phenoxy) is 1. The highest BCUT2D eigenvalue weighted by atomic mass is 32.5. The Balaban J connectivity index is 1.18. The number of nitrogens with two attached hydrogens (primary N) is 1. The molecule has 0 bridgehead atoms.